The zero-order valence-electron chi connectivity index (χ0n) is 9.66. The van der Waals surface area contributed by atoms with Crippen LogP contribution in [-0.2, 0) is 10.3 Å². The Morgan fingerprint density at radius 1 is 1.41 bits per heavy atom. The van der Waals surface area contributed by atoms with Gasteiger partial charge in [-0.3, -0.25) is 0 Å². The van der Waals surface area contributed by atoms with E-state index in [9.17, 15) is 14.3 Å². The molecule has 0 saturated heterocycles. The molecule has 0 radical (unpaired) electrons. The summed E-state index contributed by atoms with van der Waals surface area (Å²) in [5.41, 5.74) is 0.345. The molecule has 0 amide bonds. The van der Waals surface area contributed by atoms with Gasteiger partial charge in [-0.1, -0.05) is 12.8 Å². The zero-order chi connectivity index (χ0) is 12.5. The minimum Gasteiger partial charge on any atom is -0.505 e. The predicted octanol–water partition coefficient (Wildman–Crippen LogP) is 2.94. The van der Waals surface area contributed by atoms with Gasteiger partial charge in [-0.2, -0.15) is 4.99 Å². The highest BCUT2D eigenvalue weighted by Gasteiger charge is 2.38. The molecular formula is C13H14FNO2. The van der Waals surface area contributed by atoms with Crippen molar-refractivity contribution in [3.05, 3.63) is 29.1 Å². The highest BCUT2D eigenvalue weighted by molar-refractivity contribution is 5.46. The van der Waals surface area contributed by atoms with E-state index in [4.69, 9.17) is 0 Å². The van der Waals surface area contributed by atoms with E-state index in [1.54, 1.807) is 19.1 Å². The molecular weight excluding hydrogens is 221 g/mol. The van der Waals surface area contributed by atoms with Crippen LogP contribution in [0.25, 0.3) is 0 Å². The average Bonchev–Trinajstić information content (AvgIpc) is 2.73. The van der Waals surface area contributed by atoms with Crippen LogP contribution in [0.2, 0.25) is 0 Å². The van der Waals surface area contributed by atoms with E-state index >= 15 is 0 Å². The second-order valence-electron chi connectivity index (χ2n) is 4.58. The smallest absolute Gasteiger partial charge is 0.235 e. The molecule has 1 aromatic rings. The lowest BCUT2D eigenvalue weighted by molar-refractivity contribution is 0.385. The number of aromatic hydroxyl groups is 1. The zero-order valence-corrected chi connectivity index (χ0v) is 9.66. The van der Waals surface area contributed by atoms with Crippen molar-refractivity contribution in [2.45, 2.75) is 38.1 Å². The quantitative estimate of drug-likeness (QED) is 0.633. The maximum Gasteiger partial charge on any atom is 0.235 e. The molecule has 4 heteroatoms. The van der Waals surface area contributed by atoms with Crippen LogP contribution in [0.1, 0.15) is 36.8 Å². The third kappa shape index (κ3) is 1.96. The van der Waals surface area contributed by atoms with Crippen LogP contribution in [0.5, 0.6) is 5.75 Å². The second kappa shape index (κ2) is 4.30. The summed E-state index contributed by atoms with van der Waals surface area (Å²) in [5, 5.41) is 9.81. The first-order valence-corrected chi connectivity index (χ1v) is 5.68. The highest BCUT2D eigenvalue weighted by atomic mass is 19.1. The van der Waals surface area contributed by atoms with Crippen LogP contribution in [0, 0.1) is 12.7 Å². The number of isocyanates is 1. The lowest BCUT2D eigenvalue weighted by Crippen LogP contribution is -2.19. The van der Waals surface area contributed by atoms with Crippen LogP contribution in [0.3, 0.4) is 0 Å². The number of hydrogen-bond acceptors (Lipinski definition) is 3. The fourth-order valence-corrected chi connectivity index (χ4v) is 2.58. The number of phenolic OH excluding ortho intramolecular Hbond substituents is 1. The molecule has 1 aliphatic carbocycles. The summed E-state index contributed by atoms with van der Waals surface area (Å²) in [6.45, 7) is 1.75. The third-order valence-electron chi connectivity index (χ3n) is 3.40. The molecule has 0 bridgehead atoms. The molecule has 0 atom stereocenters. The molecule has 2 rings (SSSR count). The van der Waals surface area contributed by atoms with Crippen molar-refractivity contribution in [2.75, 3.05) is 0 Å². The van der Waals surface area contributed by atoms with Crippen LogP contribution in [0.15, 0.2) is 17.1 Å². The molecule has 0 unspecified atom stereocenters. The average molecular weight is 235 g/mol. The summed E-state index contributed by atoms with van der Waals surface area (Å²) in [7, 11) is 0. The van der Waals surface area contributed by atoms with Gasteiger partial charge in [0.25, 0.3) is 0 Å². The Morgan fingerprint density at radius 3 is 2.65 bits per heavy atom. The first-order chi connectivity index (χ1) is 8.09. The lowest BCUT2D eigenvalue weighted by Gasteiger charge is -2.24. The lowest BCUT2D eigenvalue weighted by atomic mass is 9.87. The topological polar surface area (TPSA) is 49.7 Å². The Kier molecular flexibility index (Phi) is 2.99. The number of benzene rings is 1. The molecule has 1 aromatic carbocycles. The fourth-order valence-electron chi connectivity index (χ4n) is 2.58. The van der Waals surface area contributed by atoms with Gasteiger partial charge in [0.2, 0.25) is 6.08 Å². The third-order valence-corrected chi connectivity index (χ3v) is 3.40. The van der Waals surface area contributed by atoms with E-state index in [2.05, 4.69) is 4.99 Å². The normalized spacial score (nSPS) is 17.8. The molecule has 1 aliphatic rings. The van der Waals surface area contributed by atoms with Gasteiger partial charge in [0.1, 0.15) is 5.54 Å². The minimum absolute atomic E-state index is 0.392. The van der Waals surface area contributed by atoms with Crippen LogP contribution in [-0.4, -0.2) is 11.2 Å². The number of hydrogen-bond donors (Lipinski definition) is 1. The second-order valence-corrected chi connectivity index (χ2v) is 4.58. The summed E-state index contributed by atoms with van der Waals surface area (Å²) < 4.78 is 13.5. The fraction of sp³-hybridized carbons (Fsp3) is 0.462. The molecule has 0 spiro atoms. The van der Waals surface area contributed by atoms with Crippen molar-refractivity contribution in [3.63, 3.8) is 0 Å². The number of aryl methyl sites for hydroxylation is 1. The Bertz CT molecular complexity index is 486. The van der Waals surface area contributed by atoms with Gasteiger partial charge in [0, 0.05) is 5.56 Å². The molecule has 90 valence electrons. The molecule has 1 N–H and O–H groups in total. The van der Waals surface area contributed by atoms with Gasteiger partial charge in [-0.25, -0.2) is 9.18 Å². The number of phenols is 1. The predicted molar refractivity (Wildman–Crippen MR) is 61.1 cm³/mol. The Balaban J connectivity index is 2.61. The van der Waals surface area contributed by atoms with Crippen molar-refractivity contribution in [1.82, 2.24) is 0 Å². The maximum absolute atomic E-state index is 13.5. The van der Waals surface area contributed by atoms with Gasteiger partial charge < -0.3 is 5.11 Å². The van der Waals surface area contributed by atoms with Crippen molar-refractivity contribution < 1.29 is 14.3 Å². The molecule has 3 nitrogen and oxygen atoms in total. The first-order valence-electron chi connectivity index (χ1n) is 5.68. The summed E-state index contributed by atoms with van der Waals surface area (Å²) in [6.07, 6.45) is 4.69. The standard InChI is InChI=1S/C13H14FNO2/c1-9-6-10(12(17)11(14)7-9)13(15-8-16)4-2-3-5-13/h6-7,17H,2-5H2,1H3. The summed E-state index contributed by atoms with van der Waals surface area (Å²) in [4.78, 5) is 14.4. The van der Waals surface area contributed by atoms with E-state index in [-0.39, 0.29) is 0 Å². The maximum atomic E-state index is 13.5. The summed E-state index contributed by atoms with van der Waals surface area (Å²) in [5.74, 6) is -1.05. The van der Waals surface area contributed by atoms with Crippen molar-refractivity contribution >= 4 is 6.08 Å². The van der Waals surface area contributed by atoms with Crippen LogP contribution >= 0.6 is 0 Å². The van der Waals surface area contributed by atoms with Crippen molar-refractivity contribution in [3.8, 4) is 5.75 Å². The molecule has 0 aromatic heterocycles. The molecule has 17 heavy (non-hydrogen) atoms. The number of nitrogens with zero attached hydrogens (tertiary/aromatic N) is 1. The molecule has 1 saturated carbocycles. The number of carbonyl (C=O) groups excluding carboxylic acids is 1. The van der Waals surface area contributed by atoms with E-state index < -0.39 is 17.1 Å². The highest BCUT2D eigenvalue weighted by Crippen LogP contribution is 2.46. The van der Waals surface area contributed by atoms with Crippen molar-refractivity contribution in [2.24, 2.45) is 4.99 Å². The molecule has 0 heterocycles. The Hall–Kier alpha value is -1.67. The first kappa shape index (κ1) is 11.8. The van der Waals surface area contributed by atoms with Crippen LogP contribution < -0.4 is 0 Å². The monoisotopic (exact) mass is 235 g/mol. The van der Waals surface area contributed by atoms with Gasteiger partial charge in [-0.15, -0.1) is 0 Å². The summed E-state index contributed by atoms with van der Waals surface area (Å²) >= 11 is 0. The number of rotatable bonds is 2. The Morgan fingerprint density at radius 2 is 2.06 bits per heavy atom. The number of halogens is 1. The number of aliphatic imine (C=N–C) groups is 1. The Labute approximate surface area is 99.0 Å². The van der Waals surface area contributed by atoms with Crippen LogP contribution in [0.4, 0.5) is 4.39 Å². The van der Waals surface area contributed by atoms with Gasteiger partial charge in [-0.05, 0) is 37.5 Å². The van der Waals surface area contributed by atoms with E-state index in [1.165, 1.54) is 6.07 Å². The van der Waals surface area contributed by atoms with Crippen molar-refractivity contribution in [1.29, 1.82) is 0 Å². The SMILES string of the molecule is Cc1cc(F)c(O)c(C2(N=C=O)CCCC2)c1. The van der Waals surface area contributed by atoms with Gasteiger partial charge in [0.15, 0.2) is 11.6 Å². The van der Waals surface area contributed by atoms with Gasteiger partial charge >= 0.3 is 0 Å². The van der Waals surface area contributed by atoms with E-state index in [0.717, 1.165) is 12.8 Å². The molecule has 0 aliphatic heterocycles. The largest absolute Gasteiger partial charge is 0.505 e. The summed E-state index contributed by atoms with van der Waals surface area (Å²) in [6, 6.07) is 2.97. The van der Waals surface area contributed by atoms with E-state index in [1.807, 2.05) is 0 Å². The minimum atomic E-state index is -0.779. The molecule has 1 fully saturated rings. The van der Waals surface area contributed by atoms with E-state index in [0.29, 0.717) is 24.0 Å². The van der Waals surface area contributed by atoms with Gasteiger partial charge in [0.05, 0.1) is 0 Å².